The van der Waals surface area contributed by atoms with E-state index in [0.29, 0.717) is 17.4 Å². The lowest BCUT2D eigenvalue weighted by Gasteiger charge is -2.31. The van der Waals surface area contributed by atoms with Gasteiger partial charge < -0.3 is 10.1 Å². The second-order valence-corrected chi connectivity index (χ2v) is 8.45. The number of hydrogen-bond acceptors (Lipinski definition) is 5. The lowest BCUT2D eigenvalue weighted by molar-refractivity contribution is 0.102. The summed E-state index contributed by atoms with van der Waals surface area (Å²) in [7, 11) is 3.80. The minimum Gasteiger partial charge on any atom is -0.497 e. The molecule has 1 amide bonds. The lowest BCUT2D eigenvalue weighted by Crippen LogP contribution is -2.33. The average Bonchev–Trinajstić information content (AvgIpc) is 3.22. The normalized spacial score (nSPS) is 14.5. The zero-order valence-electron chi connectivity index (χ0n) is 19.0. The quantitative estimate of drug-likeness (QED) is 0.590. The minimum atomic E-state index is -0.260. The van der Waals surface area contributed by atoms with Crippen molar-refractivity contribution in [3.8, 4) is 11.4 Å². The van der Waals surface area contributed by atoms with E-state index < -0.39 is 0 Å². The summed E-state index contributed by atoms with van der Waals surface area (Å²) in [6, 6.07) is 16.1. The van der Waals surface area contributed by atoms with Gasteiger partial charge in [-0.05, 0) is 50.6 Å². The highest BCUT2D eigenvalue weighted by atomic mass is 16.5. The van der Waals surface area contributed by atoms with Crippen molar-refractivity contribution in [3.63, 3.8) is 0 Å². The summed E-state index contributed by atoms with van der Waals surface area (Å²) in [6.45, 7) is 2.65. The standard InChI is InChI=1S/C25H31N5O2/c1-18-24(27-28-30(18)21-13-9-14-22(16-21)32-3)25(31)26-23-15-8-7-10-19(23)17-29(2)20-11-5-4-6-12-20/h7-10,13-16,20H,4-6,11-12,17H2,1-3H3,(H,26,31). The third-order valence-corrected chi connectivity index (χ3v) is 6.29. The maximum absolute atomic E-state index is 13.1. The molecule has 1 fully saturated rings. The number of methoxy groups -OCH3 is 1. The van der Waals surface area contributed by atoms with Crippen molar-refractivity contribution >= 4 is 11.6 Å². The molecule has 3 aromatic rings. The van der Waals surface area contributed by atoms with E-state index in [1.165, 1.54) is 32.1 Å². The molecule has 1 N–H and O–H groups in total. The Balaban J connectivity index is 1.50. The van der Waals surface area contributed by atoms with Crippen molar-refractivity contribution in [3.05, 3.63) is 65.5 Å². The van der Waals surface area contributed by atoms with Gasteiger partial charge in [0.05, 0.1) is 18.5 Å². The number of carbonyl (C=O) groups excluding carboxylic acids is 1. The number of anilines is 1. The van der Waals surface area contributed by atoms with Crippen LogP contribution in [0.3, 0.4) is 0 Å². The Morgan fingerprint density at radius 2 is 1.94 bits per heavy atom. The summed E-state index contributed by atoms with van der Waals surface area (Å²) in [5.74, 6) is 0.462. The Hall–Kier alpha value is -3.19. The second kappa shape index (κ2) is 9.96. The average molecular weight is 434 g/mol. The summed E-state index contributed by atoms with van der Waals surface area (Å²) >= 11 is 0. The number of carbonyl (C=O) groups is 1. The van der Waals surface area contributed by atoms with Crippen LogP contribution in [0, 0.1) is 6.92 Å². The smallest absolute Gasteiger partial charge is 0.278 e. The zero-order valence-corrected chi connectivity index (χ0v) is 19.0. The van der Waals surface area contributed by atoms with E-state index in [1.54, 1.807) is 11.8 Å². The largest absolute Gasteiger partial charge is 0.497 e. The molecule has 1 saturated carbocycles. The second-order valence-electron chi connectivity index (χ2n) is 8.45. The minimum absolute atomic E-state index is 0.260. The molecule has 0 unspecified atom stereocenters. The Bertz CT molecular complexity index is 1070. The van der Waals surface area contributed by atoms with Gasteiger partial charge in [-0.2, -0.15) is 0 Å². The molecule has 4 rings (SSSR count). The highest BCUT2D eigenvalue weighted by Crippen LogP contribution is 2.25. The fraction of sp³-hybridized carbons (Fsp3) is 0.400. The molecule has 7 heteroatoms. The van der Waals surface area contributed by atoms with Crippen LogP contribution in [0.2, 0.25) is 0 Å². The van der Waals surface area contributed by atoms with Crippen molar-refractivity contribution in [2.45, 2.75) is 51.6 Å². The number of ether oxygens (including phenoxy) is 1. The van der Waals surface area contributed by atoms with Gasteiger partial charge in [0.1, 0.15) is 5.75 Å². The third kappa shape index (κ3) is 4.83. The molecule has 7 nitrogen and oxygen atoms in total. The maximum atomic E-state index is 13.1. The first-order chi connectivity index (χ1) is 15.6. The van der Waals surface area contributed by atoms with E-state index in [2.05, 4.69) is 33.6 Å². The van der Waals surface area contributed by atoms with Gasteiger partial charge in [0, 0.05) is 24.3 Å². The van der Waals surface area contributed by atoms with E-state index in [1.807, 2.05) is 49.4 Å². The summed E-state index contributed by atoms with van der Waals surface area (Å²) in [6.07, 6.45) is 6.44. The summed E-state index contributed by atoms with van der Waals surface area (Å²) in [5, 5.41) is 11.4. The van der Waals surface area contributed by atoms with Gasteiger partial charge in [-0.1, -0.05) is 48.7 Å². The van der Waals surface area contributed by atoms with Crippen LogP contribution in [0.25, 0.3) is 5.69 Å². The van der Waals surface area contributed by atoms with Gasteiger partial charge in [-0.3, -0.25) is 9.69 Å². The van der Waals surface area contributed by atoms with Gasteiger partial charge in [-0.15, -0.1) is 5.10 Å². The molecule has 1 aromatic heterocycles. The molecule has 0 saturated heterocycles. The molecule has 2 aromatic carbocycles. The van der Waals surface area contributed by atoms with Gasteiger partial charge in [-0.25, -0.2) is 4.68 Å². The van der Waals surface area contributed by atoms with Crippen molar-refractivity contribution in [2.24, 2.45) is 0 Å². The Labute approximate surface area is 189 Å². The first-order valence-corrected chi connectivity index (χ1v) is 11.2. The molecular formula is C25H31N5O2. The maximum Gasteiger partial charge on any atom is 0.278 e. The third-order valence-electron chi connectivity index (χ3n) is 6.29. The van der Waals surface area contributed by atoms with Gasteiger partial charge >= 0.3 is 0 Å². The number of hydrogen-bond donors (Lipinski definition) is 1. The van der Waals surface area contributed by atoms with Crippen LogP contribution >= 0.6 is 0 Å². The molecule has 1 aliphatic carbocycles. The van der Waals surface area contributed by atoms with Crippen molar-refractivity contribution in [1.82, 2.24) is 19.9 Å². The van der Waals surface area contributed by atoms with Crippen molar-refractivity contribution in [2.75, 3.05) is 19.5 Å². The number of amides is 1. The Kier molecular flexibility index (Phi) is 6.85. The number of para-hydroxylation sites is 1. The van der Waals surface area contributed by atoms with Crippen LogP contribution in [0.4, 0.5) is 5.69 Å². The first kappa shape index (κ1) is 22.0. The molecule has 0 spiro atoms. The van der Waals surface area contributed by atoms with E-state index in [4.69, 9.17) is 4.74 Å². The van der Waals surface area contributed by atoms with Crippen LogP contribution in [0.15, 0.2) is 48.5 Å². The summed E-state index contributed by atoms with van der Waals surface area (Å²) in [5.41, 5.74) is 3.70. The topological polar surface area (TPSA) is 72.3 Å². The number of nitrogens with zero attached hydrogens (tertiary/aromatic N) is 4. The van der Waals surface area contributed by atoms with E-state index in [-0.39, 0.29) is 5.91 Å². The van der Waals surface area contributed by atoms with Gasteiger partial charge in [0.15, 0.2) is 5.69 Å². The molecule has 0 atom stereocenters. The molecule has 168 valence electrons. The molecule has 1 heterocycles. The fourth-order valence-corrected chi connectivity index (χ4v) is 4.41. The molecule has 0 bridgehead atoms. The van der Waals surface area contributed by atoms with Crippen molar-refractivity contribution < 1.29 is 9.53 Å². The summed E-state index contributed by atoms with van der Waals surface area (Å²) in [4.78, 5) is 15.5. The highest BCUT2D eigenvalue weighted by molar-refractivity contribution is 6.04. The summed E-state index contributed by atoms with van der Waals surface area (Å²) < 4.78 is 6.95. The first-order valence-electron chi connectivity index (χ1n) is 11.2. The van der Waals surface area contributed by atoms with Gasteiger partial charge in [0.2, 0.25) is 0 Å². The van der Waals surface area contributed by atoms with Crippen LogP contribution in [-0.4, -0.2) is 46.0 Å². The van der Waals surface area contributed by atoms with Crippen LogP contribution < -0.4 is 10.1 Å². The molecular weight excluding hydrogens is 402 g/mol. The predicted molar refractivity (Wildman–Crippen MR) is 125 cm³/mol. The Morgan fingerprint density at radius 1 is 1.16 bits per heavy atom. The number of nitrogens with one attached hydrogen (secondary N) is 1. The molecule has 0 radical (unpaired) electrons. The Morgan fingerprint density at radius 3 is 2.72 bits per heavy atom. The monoisotopic (exact) mass is 433 g/mol. The van der Waals surface area contributed by atoms with Gasteiger partial charge in [0.25, 0.3) is 5.91 Å². The molecule has 1 aliphatic rings. The lowest BCUT2D eigenvalue weighted by atomic mass is 9.94. The predicted octanol–water partition coefficient (Wildman–Crippen LogP) is 4.60. The van der Waals surface area contributed by atoms with Crippen LogP contribution in [0.1, 0.15) is 53.8 Å². The SMILES string of the molecule is COc1cccc(-n2nnc(C(=O)Nc3ccccc3CN(C)C3CCCCC3)c2C)c1. The van der Waals surface area contributed by atoms with Crippen LogP contribution in [0.5, 0.6) is 5.75 Å². The fourth-order valence-electron chi connectivity index (χ4n) is 4.41. The molecule has 32 heavy (non-hydrogen) atoms. The number of rotatable bonds is 7. The van der Waals surface area contributed by atoms with E-state index in [0.717, 1.165) is 29.2 Å². The van der Waals surface area contributed by atoms with Crippen molar-refractivity contribution in [1.29, 1.82) is 0 Å². The molecule has 0 aliphatic heterocycles. The zero-order chi connectivity index (χ0) is 22.5. The number of aromatic nitrogens is 3. The van der Waals surface area contributed by atoms with Crippen LogP contribution in [-0.2, 0) is 6.54 Å². The number of benzene rings is 2. The van der Waals surface area contributed by atoms with E-state index >= 15 is 0 Å². The highest BCUT2D eigenvalue weighted by Gasteiger charge is 2.21. The van der Waals surface area contributed by atoms with E-state index in [9.17, 15) is 4.79 Å².